The Kier molecular flexibility index (Phi) is 5.26. The van der Waals surface area contributed by atoms with Crippen molar-refractivity contribution in [3.8, 4) is 5.69 Å². The van der Waals surface area contributed by atoms with Crippen molar-refractivity contribution in [3.63, 3.8) is 0 Å². The minimum Gasteiger partial charge on any atom is -0.381 e. The molecular weight excluding hydrogens is 292 g/mol. The zero-order chi connectivity index (χ0) is 15.9. The molecule has 0 bridgehead atoms. The van der Waals surface area contributed by atoms with Crippen LogP contribution in [0.5, 0.6) is 0 Å². The first-order valence-electron chi connectivity index (χ1n) is 8.04. The van der Waals surface area contributed by atoms with Gasteiger partial charge in [0.15, 0.2) is 0 Å². The molecule has 1 heterocycles. The molecule has 1 aliphatic rings. The number of hydrogen-bond donors (Lipinski definition) is 2. The molecule has 1 fully saturated rings. The maximum Gasteiger partial charge on any atom is 0.319 e. The largest absolute Gasteiger partial charge is 0.381 e. The molecule has 122 valence electrons. The molecule has 23 heavy (non-hydrogen) atoms. The third kappa shape index (κ3) is 5.10. The summed E-state index contributed by atoms with van der Waals surface area (Å²) < 4.78 is 7.25. The van der Waals surface area contributed by atoms with Crippen LogP contribution in [0, 0.1) is 5.92 Å². The van der Waals surface area contributed by atoms with Gasteiger partial charge in [-0.05, 0) is 37.3 Å². The highest BCUT2D eigenvalue weighted by Gasteiger charge is 2.20. The van der Waals surface area contributed by atoms with Gasteiger partial charge in [-0.1, -0.05) is 18.2 Å². The fraction of sp³-hybridized carbons (Fsp3) is 0.412. The number of urea groups is 1. The molecule has 1 aromatic carbocycles. The minimum absolute atomic E-state index is 0.222. The van der Waals surface area contributed by atoms with Crippen LogP contribution in [0.15, 0.2) is 42.7 Å². The van der Waals surface area contributed by atoms with Gasteiger partial charge in [-0.25, -0.2) is 9.48 Å². The van der Waals surface area contributed by atoms with E-state index in [1.165, 1.54) is 12.8 Å². The summed E-state index contributed by atoms with van der Waals surface area (Å²) >= 11 is 0. The molecule has 0 unspecified atom stereocenters. The molecule has 0 saturated heterocycles. The second kappa shape index (κ2) is 7.78. The Bertz CT molecular complexity index is 623. The highest BCUT2D eigenvalue weighted by molar-refractivity contribution is 5.88. The third-order valence-electron chi connectivity index (χ3n) is 3.66. The summed E-state index contributed by atoms with van der Waals surface area (Å²) in [7, 11) is 0. The monoisotopic (exact) mass is 314 g/mol. The SMILES string of the molecule is O=C(NCCCOCC1CC1)Nc1cnn(-c2ccccc2)c1. The van der Waals surface area contributed by atoms with E-state index in [2.05, 4.69) is 15.7 Å². The van der Waals surface area contributed by atoms with Gasteiger partial charge in [0.1, 0.15) is 0 Å². The Balaban J connectivity index is 1.35. The maximum absolute atomic E-state index is 11.8. The molecule has 0 aliphatic heterocycles. The fourth-order valence-corrected chi connectivity index (χ4v) is 2.20. The van der Waals surface area contributed by atoms with E-state index in [1.54, 1.807) is 17.1 Å². The van der Waals surface area contributed by atoms with Crippen LogP contribution in [0.4, 0.5) is 10.5 Å². The van der Waals surface area contributed by atoms with Crippen LogP contribution < -0.4 is 10.6 Å². The van der Waals surface area contributed by atoms with Crippen molar-refractivity contribution in [2.24, 2.45) is 5.92 Å². The van der Waals surface area contributed by atoms with E-state index in [0.717, 1.165) is 24.6 Å². The average molecular weight is 314 g/mol. The number of nitrogens with one attached hydrogen (secondary N) is 2. The van der Waals surface area contributed by atoms with Gasteiger partial charge in [-0.3, -0.25) is 0 Å². The second-order valence-electron chi connectivity index (χ2n) is 5.76. The van der Waals surface area contributed by atoms with Crippen molar-refractivity contribution in [1.82, 2.24) is 15.1 Å². The van der Waals surface area contributed by atoms with Gasteiger partial charge < -0.3 is 15.4 Å². The first-order valence-corrected chi connectivity index (χ1v) is 8.04. The van der Waals surface area contributed by atoms with Crippen molar-refractivity contribution in [2.75, 3.05) is 25.1 Å². The Morgan fingerprint density at radius 1 is 1.30 bits per heavy atom. The summed E-state index contributed by atoms with van der Waals surface area (Å²) in [6, 6.07) is 9.54. The van der Waals surface area contributed by atoms with Crippen LogP contribution in [0.1, 0.15) is 19.3 Å². The van der Waals surface area contributed by atoms with E-state index in [0.29, 0.717) is 18.8 Å². The van der Waals surface area contributed by atoms with Crippen LogP contribution in [0.2, 0.25) is 0 Å². The van der Waals surface area contributed by atoms with Crippen LogP contribution in [0.25, 0.3) is 5.69 Å². The minimum atomic E-state index is -0.222. The molecule has 3 rings (SSSR count). The molecule has 2 N–H and O–H groups in total. The molecule has 6 heteroatoms. The number of ether oxygens (including phenoxy) is 1. The molecule has 0 radical (unpaired) electrons. The number of para-hydroxylation sites is 1. The van der Waals surface area contributed by atoms with E-state index < -0.39 is 0 Å². The highest BCUT2D eigenvalue weighted by Crippen LogP contribution is 2.28. The van der Waals surface area contributed by atoms with Gasteiger partial charge >= 0.3 is 6.03 Å². The van der Waals surface area contributed by atoms with Crippen molar-refractivity contribution >= 4 is 11.7 Å². The average Bonchev–Trinajstić information content (AvgIpc) is 3.29. The number of anilines is 1. The predicted octanol–water partition coefficient (Wildman–Crippen LogP) is 2.81. The standard InChI is InChI=1S/C17H22N4O2/c22-17(18-9-4-10-23-13-14-7-8-14)20-15-11-19-21(12-15)16-5-2-1-3-6-16/h1-3,5-6,11-12,14H,4,7-10,13H2,(H2,18,20,22). The van der Waals surface area contributed by atoms with Crippen molar-refractivity contribution in [1.29, 1.82) is 0 Å². The Labute approximate surface area is 135 Å². The maximum atomic E-state index is 11.8. The van der Waals surface area contributed by atoms with Gasteiger partial charge in [0.25, 0.3) is 0 Å². The number of aromatic nitrogens is 2. The first kappa shape index (κ1) is 15.6. The quantitative estimate of drug-likeness (QED) is 0.736. The normalized spacial score (nSPS) is 13.7. The predicted molar refractivity (Wildman–Crippen MR) is 88.7 cm³/mol. The van der Waals surface area contributed by atoms with Crippen molar-refractivity contribution in [2.45, 2.75) is 19.3 Å². The van der Waals surface area contributed by atoms with Crippen molar-refractivity contribution < 1.29 is 9.53 Å². The molecular formula is C17H22N4O2. The number of hydrogen-bond acceptors (Lipinski definition) is 3. The number of amides is 2. The molecule has 0 spiro atoms. The lowest BCUT2D eigenvalue weighted by molar-refractivity contribution is 0.122. The van der Waals surface area contributed by atoms with Crippen LogP contribution in [0.3, 0.4) is 0 Å². The summed E-state index contributed by atoms with van der Waals surface area (Å²) in [5.41, 5.74) is 1.62. The number of benzene rings is 1. The Morgan fingerprint density at radius 2 is 2.13 bits per heavy atom. The first-order chi connectivity index (χ1) is 11.3. The molecule has 6 nitrogen and oxygen atoms in total. The number of rotatable bonds is 8. The molecule has 2 amide bonds. The third-order valence-corrected chi connectivity index (χ3v) is 3.66. The van der Waals surface area contributed by atoms with Gasteiger partial charge in [-0.2, -0.15) is 5.10 Å². The van der Waals surface area contributed by atoms with Crippen LogP contribution in [-0.4, -0.2) is 35.6 Å². The molecule has 1 saturated carbocycles. The van der Waals surface area contributed by atoms with Crippen molar-refractivity contribution in [3.05, 3.63) is 42.7 Å². The summed E-state index contributed by atoms with van der Waals surface area (Å²) in [6.07, 6.45) is 6.84. The Hall–Kier alpha value is -2.34. The molecule has 0 atom stereocenters. The lowest BCUT2D eigenvalue weighted by atomic mass is 10.3. The van der Waals surface area contributed by atoms with E-state index >= 15 is 0 Å². The fourth-order valence-electron chi connectivity index (χ4n) is 2.20. The van der Waals surface area contributed by atoms with Gasteiger partial charge in [0.2, 0.25) is 0 Å². The molecule has 1 aromatic heterocycles. The summed E-state index contributed by atoms with van der Waals surface area (Å²) in [6.45, 7) is 2.16. The van der Waals surface area contributed by atoms with E-state index in [4.69, 9.17) is 4.74 Å². The van der Waals surface area contributed by atoms with Gasteiger partial charge in [0, 0.05) is 19.8 Å². The summed E-state index contributed by atoms with van der Waals surface area (Å²) in [5.74, 6) is 0.785. The lowest BCUT2D eigenvalue weighted by Crippen LogP contribution is -2.30. The second-order valence-corrected chi connectivity index (χ2v) is 5.76. The van der Waals surface area contributed by atoms with E-state index in [9.17, 15) is 4.79 Å². The van der Waals surface area contributed by atoms with Gasteiger partial charge in [-0.15, -0.1) is 0 Å². The smallest absolute Gasteiger partial charge is 0.319 e. The zero-order valence-electron chi connectivity index (χ0n) is 13.1. The van der Waals surface area contributed by atoms with Crippen LogP contribution in [-0.2, 0) is 4.74 Å². The van der Waals surface area contributed by atoms with Crippen LogP contribution >= 0.6 is 0 Å². The lowest BCUT2D eigenvalue weighted by Gasteiger charge is -2.06. The Morgan fingerprint density at radius 3 is 2.91 bits per heavy atom. The number of carbonyl (C=O) groups is 1. The van der Waals surface area contributed by atoms with E-state index in [-0.39, 0.29) is 6.03 Å². The summed E-state index contributed by atoms with van der Waals surface area (Å²) in [4.78, 5) is 11.8. The number of nitrogens with zero attached hydrogens (tertiary/aromatic N) is 2. The zero-order valence-corrected chi connectivity index (χ0v) is 13.1. The molecule has 1 aliphatic carbocycles. The summed E-state index contributed by atoms with van der Waals surface area (Å²) in [5, 5.41) is 9.83. The topological polar surface area (TPSA) is 68.2 Å². The molecule has 2 aromatic rings. The number of carbonyl (C=O) groups excluding carboxylic acids is 1. The van der Waals surface area contributed by atoms with Gasteiger partial charge in [0.05, 0.1) is 23.8 Å². The van der Waals surface area contributed by atoms with E-state index in [1.807, 2.05) is 30.3 Å². The highest BCUT2D eigenvalue weighted by atomic mass is 16.5.